The van der Waals surface area contributed by atoms with Crippen LogP contribution < -0.4 is 0 Å². The van der Waals surface area contributed by atoms with Gasteiger partial charge in [0.25, 0.3) is 0 Å². The van der Waals surface area contributed by atoms with Crippen molar-refractivity contribution in [3.8, 4) is 0 Å². The number of esters is 4. The summed E-state index contributed by atoms with van der Waals surface area (Å²) in [5.41, 5.74) is 0. The fourth-order valence-electron chi connectivity index (χ4n) is 4.46. The van der Waals surface area contributed by atoms with E-state index in [1.54, 1.807) is 6.08 Å². The molecule has 2 fully saturated rings. The molecule has 3 rings (SSSR count). The molecule has 0 radical (unpaired) electrons. The summed E-state index contributed by atoms with van der Waals surface area (Å²) in [6, 6.07) is 0. The first kappa shape index (κ1) is 25.4. The number of ether oxygens (including phenoxy) is 6. The summed E-state index contributed by atoms with van der Waals surface area (Å²) in [7, 11) is 0. The van der Waals surface area contributed by atoms with Crippen LogP contribution in [0.5, 0.6) is 0 Å². The van der Waals surface area contributed by atoms with Crippen LogP contribution in [0.4, 0.5) is 0 Å². The zero-order chi connectivity index (χ0) is 24.4. The van der Waals surface area contributed by atoms with Crippen LogP contribution in [0.25, 0.3) is 0 Å². The summed E-state index contributed by atoms with van der Waals surface area (Å²) in [4.78, 5) is 46.9. The van der Waals surface area contributed by atoms with Gasteiger partial charge in [0, 0.05) is 38.6 Å². The molecule has 0 aromatic heterocycles. The Morgan fingerprint density at radius 2 is 1.42 bits per heavy atom. The number of hydrogen-bond donors (Lipinski definition) is 1. The zero-order valence-corrected chi connectivity index (χ0v) is 19.4. The predicted octanol–water partition coefficient (Wildman–Crippen LogP) is 0.383. The van der Waals surface area contributed by atoms with Crippen molar-refractivity contribution in [1.82, 2.24) is 0 Å². The molecule has 2 saturated heterocycles. The number of carbonyl (C=O) groups is 4. The third kappa shape index (κ3) is 5.84. The zero-order valence-electron chi connectivity index (χ0n) is 18.6. The topological polar surface area (TPSA) is 144 Å². The average molecular weight is 491 g/mol. The second-order valence-corrected chi connectivity index (χ2v) is 8.64. The second kappa shape index (κ2) is 10.4. The minimum absolute atomic E-state index is 0.127. The summed E-state index contributed by atoms with van der Waals surface area (Å²) in [5.74, 6) is -3.15. The van der Waals surface area contributed by atoms with Gasteiger partial charge in [-0.1, -0.05) is 11.6 Å². The lowest BCUT2D eigenvalue weighted by molar-refractivity contribution is -0.255. The second-order valence-electron chi connectivity index (χ2n) is 8.20. The number of fused-ring (bicyclic) bond motifs is 2. The molecule has 3 heterocycles. The van der Waals surface area contributed by atoms with E-state index in [1.807, 2.05) is 0 Å². The highest BCUT2D eigenvalue weighted by Gasteiger charge is 2.55. The summed E-state index contributed by atoms with van der Waals surface area (Å²) in [6.45, 7) is 4.37. The van der Waals surface area contributed by atoms with Crippen molar-refractivity contribution in [3.05, 3.63) is 11.1 Å². The van der Waals surface area contributed by atoms with E-state index in [1.165, 1.54) is 13.8 Å². The largest absolute Gasteiger partial charge is 0.463 e. The first-order valence-electron chi connectivity index (χ1n) is 10.5. The Labute approximate surface area is 195 Å². The van der Waals surface area contributed by atoms with Crippen LogP contribution in [0.2, 0.25) is 0 Å². The Hall–Kier alpha value is -2.21. The third-order valence-corrected chi connectivity index (χ3v) is 6.00. The number of halogens is 1. The lowest BCUT2D eigenvalue weighted by Crippen LogP contribution is -2.63. The summed E-state index contributed by atoms with van der Waals surface area (Å²) >= 11 is 6.07. The van der Waals surface area contributed by atoms with Crippen molar-refractivity contribution in [1.29, 1.82) is 0 Å². The molecule has 9 atom stereocenters. The maximum Gasteiger partial charge on any atom is 0.303 e. The Bertz CT molecular complexity index is 827. The quantitative estimate of drug-likeness (QED) is 0.390. The van der Waals surface area contributed by atoms with Crippen molar-refractivity contribution in [2.24, 2.45) is 5.92 Å². The van der Waals surface area contributed by atoms with Gasteiger partial charge >= 0.3 is 23.9 Å². The van der Waals surface area contributed by atoms with Crippen LogP contribution in [0, 0.1) is 5.92 Å². The van der Waals surface area contributed by atoms with E-state index < -0.39 is 78.6 Å². The van der Waals surface area contributed by atoms with Gasteiger partial charge in [0.2, 0.25) is 0 Å². The van der Waals surface area contributed by atoms with Crippen LogP contribution in [-0.4, -0.2) is 84.4 Å². The van der Waals surface area contributed by atoms with Gasteiger partial charge in [0.05, 0.1) is 18.3 Å². The van der Waals surface area contributed by atoms with Crippen molar-refractivity contribution < 1.29 is 52.7 Å². The molecule has 1 N–H and O–H groups in total. The highest BCUT2D eigenvalue weighted by atomic mass is 35.5. The van der Waals surface area contributed by atoms with Gasteiger partial charge in [0.15, 0.2) is 18.3 Å². The molecule has 33 heavy (non-hydrogen) atoms. The smallest absolute Gasteiger partial charge is 0.303 e. The van der Waals surface area contributed by atoms with E-state index in [-0.39, 0.29) is 13.0 Å². The molecule has 0 unspecified atom stereocenters. The highest BCUT2D eigenvalue weighted by molar-refractivity contribution is 6.30. The molecule has 0 aromatic carbocycles. The average Bonchev–Trinajstić information content (AvgIpc) is 3.21. The maximum atomic E-state index is 11.9. The Morgan fingerprint density at radius 3 is 1.91 bits per heavy atom. The van der Waals surface area contributed by atoms with Crippen LogP contribution in [0.15, 0.2) is 11.1 Å². The van der Waals surface area contributed by atoms with Gasteiger partial charge < -0.3 is 33.5 Å². The monoisotopic (exact) mass is 490 g/mol. The molecule has 0 aromatic rings. The highest BCUT2D eigenvalue weighted by Crippen LogP contribution is 2.44. The van der Waals surface area contributed by atoms with Crippen molar-refractivity contribution in [2.75, 3.05) is 6.61 Å². The molecule has 2 bridgehead atoms. The first-order chi connectivity index (χ1) is 15.5. The minimum atomic E-state index is -1.25. The molecule has 0 amide bonds. The normalized spacial score (nSPS) is 37.2. The van der Waals surface area contributed by atoms with E-state index in [2.05, 4.69) is 0 Å². The number of rotatable bonds is 7. The number of hydrogen-bond acceptors (Lipinski definition) is 11. The number of carbonyl (C=O) groups excluding carboxylic acids is 4. The van der Waals surface area contributed by atoms with Crippen LogP contribution >= 0.6 is 11.6 Å². The van der Waals surface area contributed by atoms with Crippen LogP contribution in [0.3, 0.4) is 0 Å². The third-order valence-electron chi connectivity index (χ3n) is 5.66. The van der Waals surface area contributed by atoms with E-state index in [0.717, 1.165) is 13.8 Å². The maximum absolute atomic E-state index is 11.9. The van der Waals surface area contributed by atoms with Crippen molar-refractivity contribution in [2.45, 2.75) is 82.9 Å². The van der Waals surface area contributed by atoms with Crippen molar-refractivity contribution in [3.63, 3.8) is 0 Å². The fourth-order valence-corrected chi connectivity index (χ4v) is 4.77. The van der Waals surface area contributed by atoms with E-state index in [0.29, 0.717) is 5.03 Å². The Balaban J connectivity index is 1.93. The Morgan fingerprint density at radius 1 is 0.879 bits per heavy atom. The lowest BCUT2D eigenvalue weighted by Gasteiger charge is -2.45. The van der Waals surface area contributed by atoms with E-state index in [9.17, 15) is 24.3 Å². The molecule has 11 nitrogen and oxygen atoms in total. The number of aliphatic hydroxyl groups excluding tert-OH is 1. The van der Waals surface area contributed by atoms with Gasteiger partial charge in [-0.3, -0.25) is 19.2 Å². The predicted molar refractivity (Wildman–Crippen MR) is 109 cm³/mol. The fraction of sp³-hybridized carbons (Fsp3) is 0.714. The van der Waals surface area contributed by atoms with Gasteiger partial charge in [-0.2, -0.15) is 0 Å². The molecular formula is C21H27ClO11. The standard InChI is InChI=1S/C21H27ClO11/c1-8(23)28-7-16-20(30-10(3)25)21(31-11(4)26)19(29-9(2)24)15(32-16)5-12-14-6-13(22)18(33-14)17(12)27/h6,12,14-21,27H,5,7H2,1-4H3/t12-,14+,15-,16-,17-,18-,19+,20+,21-/m1/s1. The Kier molecular flexibility index (Phi) is 7.99. The molecule has 3 aliphatic rings. The SMILES string of the molecule is CC(=O)OC[C@H]1O[C@H](C[C@H]2[C@@H](O)[C@@H]3O[C@H]2C=C3Cl)[C@H](OC(C)=O)[C@@H](OC(C)=O)[C@H]1OC(C)=O. The summed E-state index contributed by atoms with van der Waals surface area (Å²) in [6.07, 6.45) is -5.84. The lowest BCUT2D eigenvalue weighted by atomic mass is 9.82. The minimum Gasteiger partial charge on any atom is -0.463 e. The molecule has 12 heteroatoms. The molecule has 0 spiro atoms. The van der Waals surface area contributed by atoms with E-state index in [4.69, 9.17) is 40.0 Å². The number of aliphatic hydroxyl groups is 1. The summed E-state index contributed by atoms with van der Waals surface area (Å²) < 4.78 is 33.0. The van der Waals surface area contributed by atoms with Gasteiger partial charge in [-0.15, -0.1) is 0 Å². The van der Waals surface area contributed by atoms with Crippen LogP contribution in [0.1, 0.15) is 34.1 Å². The van der Waals surface area contributed by atoms with E-state index >= 15 is 0 Å². The molecule has 0 aliphatic carbocycles. The van der Waals surface area contributed by atoms with Gasteiger partial charge in [-0.05, 0) is 12.5 Å². The molecular weight excluding hydrogens is 464 g/mol. The van der Waals surface area contributed by atoms with Crippen molar-refractivity contribution >= 4 is 35.5 Å². The summed E-state index contributed by atoms with van der Waals surface area (Å²) in [5, 5.41) is 11.0. The molecule has 3 aliphatic heterocycles. The molecule has 184 valence electrons. The first-order valence-corrected chi connectivity index (χ1v) is 10.9. The van der Waals surface area contributed by atoms with Gasteiger partial charge in [-0.25, -0.2) is 0 Å². The molecule has 0 saturated carbocycles. The van der Waals surface area contributed by atoms with Crippen LogP contribution in [-0.2, 0) is 47.6 Å². The van der Waals surface area contributed by atoms with Gasteiger partial charge in [0.1, 0.15) is 18.8 Å².